The fourth-order valence-corrected chi connectivity index (χ4v) is 0.769. The molecule has 0 saturated heterocycles. The third-order valence-corrected chi connectivity index (χ3v) is 1.48. The van der Waals surface area contributed by atoms with Crippen molar-refractivity contribution in [3.63, 3.8) is 0 Å². The van der Waals surface area contributed by atoms with Gasteiger partial charge in [0.25, 0.3) is 0 Å². The fourth-order valence-electron chi connectivity index (χ4n) is 0.664. The summed E-state index contributed by atoms with van der Waals surface area (Å²) in [6.07, 6.45) is 3.51. The highest BCUT2D eigenvalue weighted by atomic mass is 32.1. The Morgan fingerprint density at radius 1 is 1.90 bits per heavy atom. The van der Waals surface area contributed by atoms with Gasteiger partial charge >= 0.3 is 0 Å². The molecule has 0 aliphatic carbocycles. The summed E-state index contributed by atoms with van der Waals surface area (Å²) in [4.78, 5) is 0.403. The topological polar surface area (TPSA) is 43.8 Å². The molecule has 0 radical (unpaired) electrons. The summed E-state index contributed by atoms with van der Waals surface area (Å²) >= 11 is 4.75. The summed E-state index contributed by atoms with van der Waals surface area (Å²) in [7, 11) is 0. The first-order valence-corrected chi connectivity index (χ1v) is 3.47. The van der Waals surface area contributed by atoms with Crippen LogP contribution in [0, 0.1) is 0 Å². The zero-order valence-electron chi connectivity index (χ0n) is 5.74. The molecular weight excluding hydrogens is 146 g/mol. The van der Waals surface area contributed by atoms with Crippen molar-refractivity contribution in [3.8, 4) is 0 Å². The van der Waals surface area contributed by atoms with Crippen LogP contribution < -0.4 is 5.73 Å². The molecule has 0 amide bonds. The van der Waals surface area contributed by atoms with Gasteiger partial charge in [0.1, 0.15) is 4.99 Å². The lowest BCUT2D eigenvalue weighted by atomic mass is 10.4. The average molecular weight is 155 g/mol. The molecule has 0 aromatic carbocycles. The smallest absolute Gasteiger partial charge is 0.107 e. The van der Waals surface area contributed by atoms with Gasteiger partial charge in [0.2, 0.25) is 0 Å². The summed E-state index contributed by atoms with van der Waals surface area (Å²) in [5.74, 6) is 0. The Morgan fingerprint density at radius 3 is 2.90 bits per heavy atom. The van der Waals surface area contributed by atoms with E-state index in [2.05, 4.69) is 5.10 Å². The first-order valence-electron chi connectivity index (χ1n) is 3.06. The van der Waals surface area contributed by atoms with E-state index in [0.29, 0.717) is 4.99 Å². The Morgan fingerprint density at radius 2 is 2.60 bits per heavy atom. The highest BCUT2D eigenvalue weighted by molar-refractivity contribution is 7.80. The highest BCUT2D eigenvalue weighted by Crippen LogP contribution is 1.95. The minimum atomic E-state index is 0.403. The molecule has 2 N–H and O–H groups in total. The lowest BCUT2D eigenvalue weighted by Gasteiger charge is -1.90. The maximum Gasteiger partial charge on any atom is 0.107 e. The van der Waals surface area contributed by atoms with Crippen LogP contribution >= 0.6 is 12.2 Å². The summed E-state index contributed by atoms with van der Waals surface area (Å²) < 4.78 is 1.79. The Labute approximate surface area is 64.8 Å². The molecule has 1 rings (SSSR count). The van der Waals surface area contributed by atoms with E-state index in [1.165, 1.54) is 0 Å². The van der Waals surface area contributed by atoms with Gasteiger partial charge < -0.3 is 5.73 Å². The van der Waals surface area contributed by atoms with Gasteiger partial charge in [-0.2, -0.15) is 5.10 Å². The maximum absolute atomic E-state index is 5.36. The van der Waals surface area contributed by atoms with Gasteiger partial charge in [0, 0.05) is 18.3 Å². The number of aromatic nitrogens is 2. The van der Waals surface area contributed by atoms with Gasteiger partial charge in [-0.1, -0.05) is 12.2 Å². The summed E-state index contributed by atoms with van der Waals surface area (Å²) in [6, 6.07) is 0. The van der Waals surface area contributed by atoms with Crippen molar-refractivity contribution in [2.45, 2.75) is 13.5 Å². The van der Waals surface area contributed by atoms with Gasteiger partial charge in [0.15, 0.2) is 0 Å². The van der Waals surface area contributed by atoms with Crippen LogP contribution in [0.25, 0.3) is 0 Å². The van der Waals surface area contributed by atoms with Crippen LogP contribution in [0.3, 0.4) is 0 Å². The first-order chi connectivity index (χ1) is 4.74. The second kappa shape index (κ2) is 2.79. The fraction of sp³-hybridized carbons (Fsp3) is 0.333. The van der Waals surface area contributed by atoms with E-state index in [-0.39, 0.29) is 0 Å². The Kier molecular flexibility index (Phi) is 2.01. The number of hydrogen-bond acceptors (Lipinski definition) is 2. The monoisotopic (exact) mass is 155 g/mol. The zero-order valence-corrected chi connectivity index (χ0v) is 6.56. The molecule has 0 spiro atoms. The molecule has 1 aromatic rings. The van der Waals surface area contributed by atoms with Crippen LogP contribution in [0.2, 0.25) is 0 Å². The number of hydrogen-bond donors (Lipinski definition) is 1. The second-order valence-electron chi connectivity index (χ2n) is 1.95. The van der Waals surface area contributed by atoms with Gasteiger partial charge in [-0.3, -0.25) is 4.68 Å². The normalized spacial score (nSPS) is 9.70. The van der Waals surface area contributed by atoms with Crippen LogP contribution in [0.4, 0.5) is 0 Å². The largest absolute Gasteiger partial charge is 0.389 e. The van der Waals surface area contributed by atoms with E-state index in [0.717, 1.165) is 12.1 Å². The molecule has 54 valence electrons. The molecule has 0 unspecified atom stereocenters. The number of nitrogens with zero attached hydrogens (tertiary/aromatic N) is 2. The van der Waals surface area contributed by atoms with Crippen molar-refractivity contribution in [1.29, 1.82) is 0 Å². The number of rotatable bonds is 2. The highest BCUT2D eigenvalue weighted by Gasteiger charge is 1.97. The van der Waals surface area contributed by atoms with Crippen molar-refractivity contribution in [1.82, 2.24) is 9.78 Å². The third kappa shape index (κ3) is 1.33. The summed E-state index contributed by atoms with van der Waals surface area (Å²) in [5.41, 5.74) is 6.19. The number of nitrogens with two attached hydrogens (primary N) is 1. The molecule has 4 heteroatoms. The maximum atomic E-state index is 5.36. The van der Waals surface area contributed by atoms with Crippen molar-refractivity contribution in [2.75, 3.05) is 0 Å². The SMILES string of the molecule is CCn1cc(C(N)=S)cn1. The van der Waals surface area contributed by atoms with Gasteiger partial charge in [-0.05, 0) is 6.92 Å². The van der Waals surface area contributed by atoms with Crippen molar-refractivity contribution in [2.24, 2.45) is 5.73 Å². The molecule has 0 aliphatic heterocycles. The Bertz CT molecular complexity index is 241. The lowest BCUT2D eigenvalue weighted by molar-refractivity contribution is 0.660. The van der Waals surface area contributed by atoms with E-state index in [4.69, 9.17) is 18.0 Å². The van der Waals surface area contributed by atoms with Crippen LogP contribution in [-0.2, 0) is 6.54 Å². The molecular formula is C6H9N3S. The summed E-state index contributed by atoms with van der Waals surface area (Å²) in [6.45, 7) is 2.86. The predicted octanol–water partition coefficient (Wildman–Crippen LogP) is 0.537. The van der Waals surface area contributed by atoms with Crippen molar-refractivity contribution in [3.05, 3.63) is 18.0 Å². The number of aryl methyl sites for hydroxylation is 1. The van der Waals surface area contributed by atoms with E-state index >= 15 is 0 Å². The molecule has 0 fully saturated rings. The van der Waals surface area contributed by atoms with Gasteiger partial charge in [0.05, 0.1) is 6.20 Å². The van der Waals surface area contributed by atoms with E-state index in [1.54, 1.807) is 10.9 Å². The van der Waals surface area contributed by atoms with Crippen LogP contribution in [0.5, 0.6) is 0 Å². The molecule has 0 aliphatic rings. The van der Waals surface area contributed by atoms with Gasteiger partial charge in [-0.25, -0.2) is 0 Å². The van der Waals surface area contributed by atoms with Crippen LogP contribution in [0.15, 0.2) is 12.4 Å². The van der Waals surface area contributed by atoms with E-state index < -0.39 is 0 Å². The van der Waals surface area contributed by atoms with E-state index in [9.17, 15) is 0 Å². The minimum absolute atomic E-state index is 0.403. The first kappa shape index (κ1) is 7.21. The number of thiocarbonyl (C=S) groups is 1. The molecule has 1 aromatic heterocycles. The lowest BCUT2D eigenvalue weighted by Crippen LogP contribution is -2.07. The summed E-state index contributed by atoms with van der Waals surface area (Å²) in [5, 5.41) is 4.01. The second-order valence-corrected chi connectivity index (χ2v) is 2.39. The minimum Gasteiger partial charge on any atom is -0.389 e. The molecule has 0 bridgehead atoms. The molecule has 3 nitrogen and oxygen atoms in total. The molecule has 0 saturated carbocycles. The third-order valence-electron chi connectivity index (χ3n) is 1.24. The zero-order chi connectivity index (χ0) is 7.56. The van der Waals surface area contributed by atoms with Crippen molar-refractivity contribution < 1.29 is 0 Å². The molecule has 1 heterocycles. The Balaban J connectivity index is 2.88. The quantitative estimate of drug-likeness (QED) is 0.634. The molecule has 10 heavy (non-hydrogen) atoms. The van der Waals surface area contributed by atoms with Crippen LogP contribution in [0.1, 0.15) is 12.5 Å². The predicted molar refractivity (Wildman–Crippen MR) is 43.8 cm³/mol. The van der Waals surface area contributed by atoms with Gasteiger partial charge in [-0.15, -0.1) is 0 Å². The standard InChI is InChI=1S/C6H9N3S/c1-2-9-4-5(3-8-9)6(7)10/h3-4H,2H2,1H3,(H2,7,10). The van der Waals surface area contributed by atoms with Crippen molar-refractivity contribution >= 4 is 17.2 Å². The van der Waals surface area contributed by atoms with E-state index in [1.807, 2.05) is 13.1 Å². The average Bonchev–Trinajstić information content (AvgIpc) is 2.34. The van der Waals surface area contributed by atoms with Crippen LogP contribution in [-0.4, -0.2) is 14.8 Å². The molecule has 0 atom stereocenters. The Hall–Kier alpha value is -0.900.